The monoisotopic (exact) mass is 257 g/mol. The summed E-state index contributed by atoms with van der Waals surface area (Å²) in [7, 11) is 1.88. The smallest absolute Gasteiger partial charge is 0.0765 e. The number of anilines is 1. The zero-order valence-corrected chi connectivity index (χ0v) is 11.5. The van der Waals surface area contributed by atoms with E-state index < -0.39 is 11.7 Å². The van der Waals surface area contributed by atoms with Gasteiger partial charge in [0.2, 0.25) is 0 Å². The summed E-state index contributed by atoms with van der Waals surface area (Å²) in [6, 6.07) is 5.45. The summed E-state index contributed by atoms with van der Waals surface area (Å²) >= 11 is 6.16. The minimum absolute atomic E-state index is 0.487. The SMILES string of the molecule is CC(O)c1ccc(N(C)CC(C)(C)O)c(Cl)c1. The van der Waals surface area contributed by atoms with Crippen LogP contribution < -0.4 is 4.90 Å². The summed E-state index contributed by atoms with van der Waals surface area (Å²) in [5.74, 6) is 0. The average molecular weight is 258 g/mol. The first-order valence-corrected chi connectivity index (χ1v) is 5.99. The van der Waals surface area contributed by atoms with Gasteiger partial charge in [0.1, 0.15) is 0 Å². The van der Waals surface area contributed by atoms with Gasteiger partial charge < -0.3 is 15.1 Å². The number of likely N-dealkylation sites (N-methyl/N-ethyl adjacent to an activating group) is 1. The van der Waals surface area contributed by atoms with Crippen LogP contribution in [-0.4, -0.2) is 29.4 Å². The van der Waals surface area contributed by atoms with Crippen LogP contribution >= 0.6 is 11.6 Å². The van der Waals surface area contributed by atoms with Gasteiger partial charge in [0.15, 0.2) is 0 Å². The Kier molecular flexibility index (Phi) is 4.42. The first kappa shape index (κ1) is 14.3. The first-order valence-electron chi connectivity index (χ1n) is 5.62. The maximum atomic E-state index is 9.76. The van der Waals surface area contributed by atoms with Gasteiger partial charge in [-0.2, -0.15) is 0 Å². The van der Waals surface area contributed by atoms with Crippen molar-refractivity contribution in [3.8, 4) is 0 Å². The van der Waals surface area contributed by atoms with Gasteiger partial charge in [-0.3, -0.25) is 0 Å². The Morgan fingerprint density at radius 2 is 2.00 bits per heavy atom. The third kappa shape index (κ3) is 4.19. The lowest BCUT2D eigenvalue weighted by atomic mass is 10.1. The molecular formula is C13H20ClNO2. The molecule has 3 nitrogen and oxygen atoms in total. The number of hydrogen-bond donors (Lipinski definition) is 2. The maximum absolute atomic E-state index is 9.76. The molecule has 1 atom stereocenters. The van der Waals surface area contributed by atoms with Crippen LogP contribution in [0.5, 0.6) is 0 Å². The number of aliphatic hydroxyl groups is 2. The third-order valence-corrected chi connectivity index (χ3v) is 2.79. The molecule has 17 heavy (non-hydrogen) atoms. The molecule has 1 rings (SSSR count). The molecule has 0 heterocycles. The fourth-order valence-corrected chi connectivity index (χ4v) is 2.09. The molecule has 0 aliphatic heterocycles. The van der Waals surface area contributed by atoms with Gasteiger partial charge in [-0.1, -0.05) is 17.7 Å². The summed E-state index contributed by atoms with van der Waals surface area (Å²) in [4.78, 5) is 1.90. The molecule has 0 aliphatic carbocycles. The standard InChI is InChI=1S/C13H20ClNO2/c1-9(16)10-5-6-12(11(14)7-10)15(4)8-13(2,3)17/h5-7,9,16-17H,8H2,1-4H3. The molecule has 0 bridgehead atoms. The molecule has 0 radical (unpaired) electrons. The van der Waals surface area contributed by atoms with Gasteiger partial charge >= 0.3 is 0 Å². The highest BCUT2D eigenvalue weighted by Crippen LogP contribution is 2.29. The Balaban J connectivity index is 2.92. The number of benzene rings is 1. The van der Waals surface area contributed by atoms with Gasteiger partial charge in [-0.25, -0.2) is 0 Å². The Morgan fingerprint density at radius 3 is 2.41 bits per heavy atom. The van der Waals surface area contributed by atoms with E-state index >= 15 is 0 Å². The molecule has 1 aromatic carbocycles. The summed E-state index contributed by atoms with van der Waals surface area (Å²) in [5.41, 5.74) is 0.856. The average Bonchev–Trinajstić information content (AvgIpc) is 2.14. The van der Waals surface area contributed by atoms with Crippen LogP contribution in [0.2, 0.25) is 5.02 Å². The molecular weight excluding hydrogens is 238 g/mol. The highest BCUT2D eigenvalue weighted by Gasteiger charge is 2.17. The Hall–Kier alpha value is -0.770. The number of halogens is 1. The minimum atomic E-state index is -0.777. The molecule has 0 saturated heterocycles. The van der Waals surface area contributed by atoms with Crippen LogP contribution in [0, 0.1) is 0 Å². The van der Waals surface area contributed by atoms with Crippen LogP contribution in [0.15, 0.2) is 18.2 Å². The highest BCUT2D eigenvalue weighted by atomic mass is 35.5. The van der Waals surface area contributed by atoms with Gasteiger partial charge in [-0.15, -0.1) is 0 Å². The van der Waals surface area contributed by atoms with Crippen molar-refractivity contribution < 1.29 is 10.2 Å². The lowest BCUT2D eigenvalue weighted by Crippen LogP contribution is -2.36. The number of nitrogens with zero attached hydrogens (tertiary/aromatic N) is 1. The van der Waals surface area contributed by atoms with Crippen molar-refractivity contribution in [3.05, 3.63) is 28.8 Å². The van der Waals surface area contributed by atoms with Crippen LogP contribution in [0.1, 0.15) is 32.4 Å². The van der Waals surface area contributed by atoms with Crippen molar-refractivity contribution in [1.29, 1.82) is 0 Å². The largest absolute Gasteiger partial charge is 0.389 e. The van der Waals surface area contributed by atoms with E-state index in [1.165, 1.54) is 0 Å². The van der Waals surface area contributed by atoms with Crippen LogP contribution in [0.25, 0.3) is 0 Å². The molecule has 0 spiro atoms. The second kappa shape index (κ2) is 5.25. The molecule has 2 N–H and O–H groups in total. The second-order valence-corrected chi connectivity index (χ2v) is 5.46. The summed E-state index contributed by atoms with van der Waals surface area (Å²) in [5, 5.41) is 19.8. The summed E-state index contributed by atoms with van der Waals surface area (Å²) in [6.45, 7) is 5.69. The van der Waals surface area contributed by atoms with E-state index in [0.29, 0.717) is 11.6 Å². The van der Waals surface area contributed by atoms with Crippen molar-refractivity contribution >= 4 is 17.3 Å². The zero-order valence-electron chi connectivity index (χ0n) is 10.7. The molecule has 1 unspecified atom stereocenters. The topological polar surface area (TPSA) is 43.7 Å². The molecule has 0 fully saturated rings. The molecule has 0 amide bonds. The first-order chi connectivity index (χ1) is 7.70. The van der Waals surface area contributed by atoms with Gasteiger partial charge in [0, 0.05) is 13.6 Å². The number of rotatable bonds is 4. The van der Waals surface area contributed by atoms with Crippen molar-refractivity contribution in [2.24, 2.45) is 0 Å². The summed E-state index contributed by atoms with van der Waals surface area (Å²) in [6.07, 6.45) is -0.527. The van der Waals surface area contributed by atoms with E-state index in [9.17, 15) is 10.2 Å². The normalized spacial score (nSPS) is 13.6. The predicted molar refractivity (Wildman–Crippen MR) is 71.7 cm³/mol. The number of aliphatic hydroxyl groups excluding tert-OH is 1. The second-order valence-electron chi connectivity index (χ2n) is 5.06. The van der Waals surface area contributed by atoms with E-state index in [1.807, 2.05) is 24.1 Å². The third-order valence-electron chi connectivity index (χ3n) is 2.49. The molecule has 1 aromatic rings. The highest BCUT2D eigenvalue weighted by molar-refractivity contribution is 6.33. The molecule has 0 saturated carbocycles. The fraction of sp³-hybridized carbons (Fsp3) is 0.538. The summed E-state index contributed by atoms with van der Waals surface area (Å²) < 4.78 is 0. The predicted octanol–water partition coefficient (Wildman–Crippen LogP) is 2.60. The van der Waals surface area contributed by atoms with Crippen LogP contribution in [0.3, 0.4) is 0 Å². The lowest BCUT2D eigenvalue weighted by molar-refractivity contribution is 0.0886. The number of hydrogen-bond acceptors (Lipinski definition) is 3. The Bertz CT molecular complexity index is 385. The molecule has 96 valence electrons. The van der Waals surface area contributed by atoms with Crippen molar-refractivity contribution in [1.82, 2.24) is 0 Å². The van der Waals surface area contributed by atoms with Crippen LogP contribution in [-0.2, 0) is 0 Å². The molecule has 4 heteroatoms. The van der Waals surface area contributed by atoms with Crippen molar-refractivity contribution in [3.63, 3.8) is 0 Å². The quantitative estimate of drug-likeness (QED) is 0.872. The van der Waals surface area contributed by atoms with Gasteiger partial charge in [0.25, 0.3) is 0 Å². The van der Waals surface area contributed by atoms with E-state index in [4.69, 9.17) is 11.6 Å². The Morgan fingerprint density at radius 1 is 1.41 bits per heavy atom. The van der Waals surface area contributed by atoms with Crippen molar-refractivity contribution in [2.75, 3.05) is 18.5 Å². The Labute approximate surface area is 108 Å². The lowest BCUT2D eigenvalue weighted by Gasteiger charge is -2.28. The van der Waals surface area contributed by atoms with Gasteiger partial charge in [0.05, 0.1) is 22.4 Å². The molecule has 0 aromatic heterocycles. The van der Waals surface area contributed by atoms with Gasteiger partial charge in [-0.05, 0) is 38.5 Å². The van der Waals surface area contributed by atoms with Crippen LogP contribution in [0.4, 0.5) is 5.69 Å². The minimum Gasteiger partial charge on any atom is -0.389 e. The van der Waals surface area contributed by atoms with E-state index in [1.54, 1.807) is 26.8 Å². The van der Waals surface area contributed by atoms with Crippen molar-refractivity contribution in [2.45, 2.75) is 32.5 Å². The molecule has 0 aliphatic rings. The fourth-order valence-electron chi connectivity index (χ4n) is 1.76. The zero-order chi connectivity index (χ0) is 13.2. The van der Waals surface area contributed by atoms with E-state index in [0.717, 1.165) is 11.3 Å². The maximum Gasteiger partial charge on any atom is 0.0765 e. The van der Waals surface area contributed by atoms with E-state index in [2.05, 4.69) is 0 Å². The van der Waals surface area contributed by atoms with E-state index in [-0.39, 0.29) is 0 Å².